The lowest BCUT2D eigenvalue weighted by Crippen LogP contribution is -2.52. The van der Waals surface area contributed by atoms with Gasteiger partial charge >= 0.3 is 0 Å². The third-order valence-electron chi connectivity index (χ3n) is 6.23. The highest BCUT2D eigenvalue weighted by Crippen LogP contribution is 2.27. The van der Waals surface area contributed by atoms with Crippen LogP contribution < -0.4 is 19.1 Å². The minimum atomic E-state index is -4.16. The van der Waals surface area contributed by atoms with Crippen LogP contribution in [0.25, 0.3) is 0 Å². The van der Waals surface area contributed by atoms with Crippen LogP contribution in [0, 0.1) is 0 Å². The van der Waals surface area contributed by atoms with E-state index < -0.39 is 28.5 Å². The van der Waals surface area contributed by atoms with Crippen molar-refractivity contribution in [3.63, 3.8) is 0 Å². The zero-order valence-electron chi connectivity index (χ0n) is 23.8. The van der Waals surface area contributed by atoms with Crippen molar-refractivity contribution < 1.29 is 27.5 Å². The van der Waals surface area contributed by atoms with E-state index in [0.717, 1.165) is 14.3 Å². The summed E-state index contributed by atoms with van der Waals surface area (Å²) in [6.07, 6.45) is 0. The Morgan fingerprint density at radius 1 is 0.902 bits per heavy atom. The molecule has 0 fully saturated rings. The summed E-state index contributed by atoms with van der Waals surface area (Å²) in [6, 6.07) is 18.8. The average Bonchev–Trinajstić information content (AvgIpc) is 2.95. The van der Waals surface area contributed by atoms with Gasteiger partial charge in [-0.1, -0.05) is 28.1 Å². The highest BCUT2D eigenvalue weighted by molar-refractivity contribution is 9.10. The van der Waals surface area contributed by atoms with Crippen LogP contribution in [0.1, 0.15) is 33.3 Å². The molecule has 11 heteroatoms. The van der Waals surface area contributed by atoms with E-state index in [0.29, 0.717) is 18.1 Å². The number of nitrogens with one attached hydrogen (secondary N) is 1. The first-order valence-electron chi connectivity index (χ1n) is 13.2. The number of carbonyl (C=O) groups is 2. The third-order valence-corrected chi connectivity index (χ3v) is 8.54. The van der Waals surface area contributed by atoms with Gasteiger partial charge in [0, 0.05) is 17.1 Å². The highest BCUT2D eigenvalue weighted by atomic mass is 79.9. The number of amides is 2. The van der Waals surface area contributed by atoms with Gasteiger partial charge in [-0.25, -0.2) is 8.42 Å². The molecule has 0 saturated carbocycles. The number of hydrogen-bond donors (Lipinski definition) is 1. The summed E-state index contributed by atoms with van der Waals surface area (Å²) in [5.41, 5.74) is 1.04. The first-order valence-corrected chi connectivity index (χ1v) is 15.4. The standard InChI is InChI=1S/C30H36BrN3O6S/c1-6-40-27-15-11-25(12-16-27)34(41(37,38)28-17-9-24(31)10-18-28)20-29(35)33(22(4)30(36)32-21(2)3)19-23-7-13-26(39-5)14-8-23/h7-18,21-22H,6,19-20H2,1-5H3,(H,32,36)/t22-/m1/s1. The molecule has 1 N–H and O–H groups in total. The number of benzene rings is 3. The molecule has 3 aromatic carbocycles. The normalized spacial score (nSPS) is 12.0. The Bertz CT molecular complexity index is 1410. The predicted octanol–water partition coefficient (Wildman–Crippen LogP) is 4.99. The molecule has 0 bridgehead atoms. The summed E-state index contributed by atoms with van der Waals surface area (Å²) in [6.45, 7) is 7.16. The molecule has 41 heavy (non-hydrogen) atoms. The van der Waals surface area contributed by atoms with Crippen LogP contribution in [0.2, 0.25) is 0 Å². The Morgan fingerprint density at radius 2 is 1.49 bits per heavy atom. The quantitative estimate of drug-likeness (QED) is 0.281. The number of halogens is 1. The minimum Gasteiger partial charge on any atom is -0.497 e. The van der Waals surface area contributed by atoms with E-state index in [1.165, 1.54) is 17.0 Å². The summed E-state index contributed by atoms with van der Waals surface area (Å²) in [5.74, 6) is 0.343. The summed E-state index contributed by atoms with van der Waals surface area (Å²) in [4.78, 5) is 28.4. The van der Waals surface area contributed by atoms with Crippen LogP contribution in [-0.2, 0) is 26.2 Å². The maximum atomic E-state index is 14.0. The first-order chi connectivity index (χ1) is 19.5. The average molecular weight is 647 g/mol. The van der Waals surface area contributed by atoms with Gasteiger partial charge in [0.2, 0.25) is 11.8 Å². The Balaban J connectivity index is 2.02. The Hall–Kier alpha value is -3.57. The van der Waals surface area contributed by atoms with Crippen molar-refractivity contribution in [1.29, 1.82) is 0 Å². The minimum absolute atomic E-state index is 0.0229. The molecule has 9 nitrogen and oxygen atoms in total. The SMILES string of the molecule is CCOc1ccc(N(CC(=O)N(Cc2ccc(OC)cc2)[C@H](C)C(=O)NC(C)C)S(=O)(=O)c2ccc(Br)cc2)cc1. The molecule has 0 aliphatic heterocycles. The first kappa shape index (κ1) is 32.0. The van der Waals surface area contributed by atoms with E-state index in [2.05, 4.69) is 21.2 Å². The van der Waals surface area contributed by atoms with E-state index >= 15 is 0 Å². The van der Waals surface area contributed by atoms with Gasteiger partial charge < -0.3 is 19.7 Å². The Kier molecular flexibility index (Phi) is 11.2. The monoisotopic (exact) mass is 645 g/mol. The number of methoxy groups -OCH3 is 1. The van der Waals surface area contributed by atoms with Gasteiger partial charge in [0.25, 0.3) is 10.0 Å². The number of carbonyl (C=O) groups excluding carboxylic acids is 2. The largest absolute Gasteiger partial charge is 0.497 e. The second kappa shape index (κ2) is 14.4. The molecule has 0 heterocycles. The smallest absolute Gasteiger partial charge is 0.264 e. The molecule has 0 radical (unpaired) electrons. The second-order valence-corrected chi connectivity index (χ2v) is 12.4. The topological polar surface area (TPSA) is 105 Å². The molecule has 220 valence electrons. The number of rotatable bonds is 13. The maximum absolute atomic E-state index is 14.0. The van der Waals surface area contributed by atoms with Gasteiger partial charge in [0.15, 0.2) is 0 Å². The van der Waals surface area contributed by atoms with Gasteiger partial charge in [-0.2, -0.15) is 0 Å². The molecule has 0 aromatic heterocycles. The van der Waals surface area contributed by atoms with Crippen molar-refractivity contribution in [3.8, 4) is 11.5 Å². The van der Waals surface area contributed by atoms with Gasteiger partial charge in [-0.05, 0) is 93.9 Å². The molecule has 0 saturated heterocycles. The van der Waals surface area contributed by atoms with Gasteiger partial charge in [0.05, 0.1) is 24.3 Å². The summed E-state index contributed by atoms with van der Waals surface area (Å²) in [7, 11) is -2.60. The fourth-order valence-corrected chi connectivity index (χ4v) is 5.73. The number of sulfonamides is 1. The molecule has 0 unspecified atom stereocenters. The van der Waals surface area contributed by atoms with Crippen molar-refractivity contribution in [2.75, 3.05) is 24.6 Å². The van der Waals surface area contributed by atoms with Crippen LogP contribution in [-0.4, -0.2) is 57.5 Å². The molecule has 1 atom stereocenters. The molecule has 3 aromatic rings. The van der Waals surface area contributed by atoms with Crippen molar-refractivity contribution in [2.45, 2.75) is 51.2 Å². The molecule has 2 amide bonds. The fourth-order valence-electron chi connectivity index (χ4n) is 4.05. The molecule has 0 aliphatic rings. The Labute approximate surface area is 250 Å². The van der Waals surface area contributed by atoms with Crippen LogP contribution in [0.5, 0.6) is 11.5 Å². The van der Waals surface area contributed by atoms with E-state index in [1.54, 1.807) is 74.7 Å². The molecular formula is C30H36BrN3O6S. The number of ether oxygens (including phenoxy) is 2. The lowest BCUT2D eigenvalue weighted by atomic mass is 10.1. The lowest BCUT2D eigenvalue weighted by molar-refractivity contribution is -0.139. The molecular weight excluding hydrogens is 610 g/mol. The van der Waals surface area contributed by atoms with Gasteiger partial charge in [-0.3, -0.25) is 13.9 Å². The van der Waals surface area contributed by atoms with Crippen LogP contribution in [0.3, 0.4) is 0 Å². The third kappa shape index (κ3) is 8.46. The fraction of sp³-hybridized carbons (Fsp3) is 0.333. The van der Waals surface area contributed by atoms with E-state index in [4.69, 9.17) is 9.47 Å². The van der Waals surface area contributed by atoms with E-state index in [-0.39, 0.29) is 29.1 Å². The Morgan fingerprint density at radius 3 is 2.02 bits per heavy atom. The van der Waals surface area contributed by atoms with Crippen molar-refractivity contribution in [2.24, 2.45) is 0 Å². The van der Waals surface area contributed by atoms with Crippen molar-refractivity contribution in [3.05, 3.63) is 82.8 Å². The van der Waals surface area contributed by atoms with Crippen LogP contribution in [0.4, 0.5) is 5.69 Å². The number of nitrogens with zero attached hydrogens (tertiary/aromatic N) is 2. The number of hydrogen-bond acceptors (Lipinski definition) is 6. The molecule has 0 spiro atoms. The highest BCUT2D eigenvalue weighted by Gasteiger charge is 2.32. The van der Waals surface area contributed by atoms with Gasteiger partial charge in [0.1, 0.15) is 24.1 Å². The van der Waals surface area contributed by atoms with E-state index in [1.807, 2.05) is 20.8 Å². The second-order valence-electron chi connectivity index (χ2n) is 9.60. The predicted molar refractivity (Wildman–Crippen MR) is 163 cm³/mol. The lowest BCUT2D eigenvalue weighted by Gasteiger charge is -2.32. The van der Waals surface area contributed by atoms with E-state index in [9.17, 15) is 18.0 Å². The summed E-state index contributed by atoms with van der Waals surface area (Å²) >= 11 is 3.33. The van der Waals surface area contributed by atoms with Crippen molar-refractivity contribution >= 4 is 43.5 Å². The van der Waals surface area contributed by atoms with Crippen molar-refractivity contribution in [1.82, 2.24) is 10.2 Å². The maximum Gasteiger partial charge on any atom is 0.264 e. The zero-order valence-corrected chi connectivity index (χ0v) is 26.2. The van der Waals surface area contributed by atoms with Crippen LogP contribution in [0.15, 0.2) is 82.2 Å². The summed E-state index contributed by atoms with van der Waals surface area (Å²) in [5, 5.41) is 2.84. The number of anilines is 1. The molecule has 0 aliphatic carbocycles. The molecule has 3 rings (SSSR count). The zero-order chi connectivity index (χ0) is 30.2. The van der Waals surface area contributed by atoms with Gasteiger partial charge in [-0.15, -0.1) is 0 Å². The van der Waals surface area contributed by atoms with Crippen LogP contribution >= 0.6 is 15.9 Å². The summed E-state index contributed by atoms with van der Waals surface area (Å²) < 4.78 is 40.3.